The highest BCUT2D eigenvalue weighted by Gasteiger charge is 2.23. The van der Waals surface area contributed by atoms with Crippen LogP contribution in [0.1, 0.15) is 62.7 Å². The first-order valence-electron chi connectivity index (χ1n) is 8.06. The van der Waals surface area contributed by atoms with Crippen LogP contribution in [0.3, 0.4) is 0 Å². The third kappa shape index (κ3) is 5.15. The molecule has 2 atom stereocenters. The van der Waals surface area contributed by atoms with Gasteiger partial charge in [0.25, 0.3) is 0 Å². The predicted molar refractivity (Wildman–Crippen MR) is 83.0 cm³/mol. The lowest BCUT2D eigenvalue weighted by molar-refractivity contribution is -0.137. The van der Waals surface area contributed by atoms with E-state index >= 15 is 0 Å². The standard InChI is InChI=1S/C18H25NO2/c1-2-3-4-5-6-7-17-13-21-18(14-20-17)16-10-8-15(12-19)9-11-16/h8-11,17-18H,2-7,13-14H2,1H3/t17-,18-/m0/s1. The van der Waals surface area contributed by atoms with Crippen LogP contribution in [0.2, 0.25) is 0 Å². The Hall–Kier alpha value is -1.37. The number of nitrogens with zero attached hydrogens (tertiary/aromatic N) is 1. The first kappa shape index (κ1) is 16.0. The highest BCUT2D eigenvalue weighted by molar-refractivity contribution is 5.32. The SMILES string of the molecule is CCCCCCC[C@H]1CO[C@H](c2ccc(C#N)cc2)CO1. The van der Waals surface area contributed by atoms with Crippen LogP contribution in [0.4, 0.5) is 0 Å². The number of nitriles is 1. The Morgan fingerprint density at radius 1 is 1.05 bits per heavy atom. The van der Waals surface area contributed by atoms with E-state index in [1.165, 1.54) is 32.1 Å². The van der Waals surface area contributed by atoms with E-state index in [2.05, 4.69) is 13.0 Å². The largest absolute Gasteiger partial charge is 0.373 e. The number of hydrogen-bond donors (Lipinski definition) is 0. The number of ether oxygens (including phenoxy) is 2. The second-order valence-corrected chi connectivity index (χ2v) is 5.71. The van der Waals surface area contributed by atoms with Gasteiger partial charge in [0.05, 0.1) is 31.0 Å². The van der Waals surface area contributed by atoms with Gasteiger partial charge in [-0.2, -0.15) is 5.26 Å². The maximum absolute atomic E-state index is 8.80. The average Bonchev–Trinajstić information content (AvgIpc) is 2.55. The van der Waals surface area contributed by atoms with Crippen LogP contribution in [0.25, 0.3) is 0 Å². The molecule has 1 aromatic carbocycles. The molecular weight excluding hydrogens is 262 g/mol. The van der Waals surface area contributed by atoms with E-state index in [-0.39, 0.29) is 12.2 Å². The molecule has 1 aliphatic heterocycles. The fourth-order valence-corrected chi connectivity index (χ4v) is 2.65. The average molecular weight is 287 g/mol. The van der Waals surface area contributed by atoms with Crippen LogP contribution < -0.4 is 0 Å². The van der Waals surface area contributed by atoms with Gasteiger partial charge in [0.2, 0.25) is 0 Å². The monoisotopic (exact) mass is 287 g/mol. The summed E-state index contributed by atoms with van der Waals surface area (Å²) in [6, 6.07) is 9.71. The zero-order chi connectivity index (χ0) is 14.9. The summed E-state index contributed by atoms with van der Waals surface area (Å²) >= 11 is 0. The first-order chi connectivity index (χ1) is 10.3. The summed E-state index contributed by atoms with van der Waals surface area (Å²) in [4.78, 5) is 0. The van der Waals surface area contributed by atoms with Gasteiger partial charge < -0.3 is 9.47 Å². The fourth-order valence-electron chi connectivity index (χ4n) is 2.65. The minimum Gasteiger partial charge on any atom is -0.373 e. The summed E-state index contributed by atoms with van der Waals surface area (Å²) in [5.41, 5.74) is 1.77. The lowest BCUT2D eigenvalue weighted by atomic mass is 10.1. The number of hydrogen-bond acceptors (Lipinski definition) is 3. The molecule has 0 unspecified atom stereocenters. The highest BCUT2D eigenvalue weighted by atomic mass is 16.6. The Morgan fingerprint density at radius 2 is 1.81 bits per heavy atom. The van der Waals surface area contributed by atoms with E-state index in [1.54, 1.807) is 0 Å². The molecule has 1 aliphatic rings. The minimum absolute atomic E-state index is 0.00841. The third-order valence-corrected chi connectivity index (χ3v) is 4.01. The van der Waals surface area contributed by atoms with E-state index in [4.69, 9.17) is 14.7 Å². The molecule has 2 rings (SSSR count). The zero-order valence-corrected chi connectivity index (χ0v) is 12.9. The summed E-state index contributed by atoms with van der Waals surface area (Å²) in [6.07, 6.45) is 7.85. The molecule has 0 N–H and O–H groups in total. The second kappa shape index (κ2) is 8.81. The van der Waals surface area contributed by atoms with Crippen molar-refractivity contribution in [3.05, 3.63) is 35.4 Å². The van der Waals surface area contributed by atoms with Crippen molar-refractivity contribution < 1.29 is 9.47 Å². The van der Waals surface area contributed by atoms with Crippen LogP contribution in [-0.4, -0.2) is 19.3 Å². The van der Waals surface area contributed by atoms with Gasteiger partial charge >= 0.3 is 0 Å². The topological polar surface area (TPSA) is 42.2 Å². The Kier molecular flexibility index (Phi) is 6.72. The van der Waals surface area contributed by atoms with E-state index < -0.39 is 0 Å². The maximum Gasteiger partial charge on any atom is 0.106 e. The molecule has 3 nitrogen and oxygen atoms in total. The van der Waals surface area contributed by atoms with E-state index in [9.17, 15) is 0 Å². The molecule has 1 saturated heterocycles. The van der Waals surface area contributed by atoms with Gasteiger partial charge in [-0.25, -0.2) is 0 Å². The smallest absolute Gasteiger partial charge is 0.106 e. The number of rotatable bonds is 7. The van der Waals surface area contributed by atoms with Crippen molar-refractivity contribution in [1.29, 1.82) is 5.26 Å². The highest BCUT2D eigenvalue weighted by Crippen LogP contribution is 2.25. The van der Waals surface area contributed by atoms with Crippen LogP contribution >= 0.6 is 0 Å². The summed E-state index contributed by atoms with van der Waals surface area (Å²) < 4.78 is 11.8. The van der Waals surface area contributed by atoms with E-state index in [0.717, 1.165) is 12.0 Å². The molecule has 0 amide bonds. The van der Waals surface area contributed by atoms with Gasteiger partial charge in [0, 0.05) is 0 Å². The predicted octanol–water partition coefficient (Wildman–Crippen LogP) is 4.38. The van der Waals surface area contributed by atoms with Gasteiger partial charge in [0.1, 0.15) is 6.10 Å². The number of unbranched alkanes of at least 4 members (excludes halogenated alkanes) is 4. The first-order valence-corrected chi connectivity index (χ1v) is 8.06. The van der Waals surface area contributed by atoms with Crippen molar-refractivity contribution in [2.24, 2.45) is 0 Å². The summed E-state index contributed by atoms with van der Waals surface area (Å²) in [5, 5.41) is 8.80. The third-order valence-electron chi connectivity index (χ3n) is 4.01. The van der Waals surface area contributed by atoms with Gasteiger partial charge in [-0.05, 0) is 24.1 Å². The van der Waals surface area contributed by atoms with Crippen LogP contribution in [0.5, 0.6) is 0 Å². The molecule has 0 aliphatic carbocycles. The molecule has 1 aromatic rings. The molecule has 0 spiro atoms. The van der Waals surface area contributed by atoms with E-state index in [0.29, 0.717) is 18.8 Å². The quantitative estimate of drug-likeness (QED) is 0.699. The van der Waals surface area contributed by atoms with Crippen molar-refractivity contribution in [3.8, 4) is 6.07 Å². The molecule has 3 heteroatoms. The van der Waals surface area contributed by atoms with Crippen LogP contribution in [0.15, 0.2) is 24.3 Å². The molecule has 0 radical (unpaired) electrons. The van der Waals surface area contributed by atoms with Gasteiger partial charge in [-0.1, -0.05) is 51.2 Å². The van der Waals surface area contributed by atoms with Crippen molar-refractivity contribution in [1.82, 2.24) is 0 Å². The van der Waals surface area contributed by atoms with Crippen molar-refractivity contribution in [2.45, 2.75) is 57.7 Å². The summed E-state index contributed by atoms with van der Waals surface area (Å²) in [6.45, 7) is 3.53. The minimum atomic E-state index is 0.00841. The number of benzene rings is 1. The Labute approximate surface area is 127 Å². The van der Waals surface area contributed by atoms with Gasteiger partial charge in [0.15, 0.2) is 0 Å². The van der Waals surface area contributed by atoms with Crippen LogP contribution in [0, 0.1) is 11.3 Å². The van der Waals surface area contributed by atoms with Crippen molar-refractivity contribution in [2.75, 3.05) is 13.2 Å². The van der Waals surface area contributed by atoms with Gasteiger partial charge in [-0.15, -0.1) is 0 Å². The van der Waals surface area contributed by atoms with Crippen LogP contribution in [-0.2, 0) is 9.47 Å². The Morgan fingerprint density at radius 3 is 2.43 bits per heavy atom. The molecule has 0 aromatic heterocycles. The normalized spacial score (nSPS) is 21.9. The van der Waals surface area contributed by atoms with E-state index in [1.807, 2.05) is 24.3 Å². The maximum atomic E-state index is 8.80. The summed E-state index contributed by atoms with van der Waals surface area (Å²) in [7, 11) is 0. The summed E-state index contributed by atoms with van der Waals surface area (Å²) in [5.74, 6) is 0. The molecule has 0 bridgehead atoms. The molecule has 114 valence electrons. The zero-order valence-electron chi connectivity index (χ0n) is 12.9. The van der Waals surface area contributed by atoms with Crippen molar-refractivity contribution >= 4 is 0 Å². The van der Waals surface area contributed by atoms with Crippen molar-refractivity contribution in [3.63, 3.8) is 0 Å². The second-order valence-electron chi connectivity index (χ2n) is 5.71. The molecule has 1 fully saturated rings. The molecule has 0 saturated carbocycles. The lowest BCUT2D eigenvalue weighted by Crippen LogP contribution is -2.31. The lowest BCUT2D eigenvalue weighted by Gasteiger charge is -2.30. The fraction of sp³-hybridized carbons (Fsp3) is 0.611. The molecule has 21 heavy (non-hydrogen) atoms. The van der Waals surface area contributed by atoms with Gasteiger partial charge in [-0.3, -0.25) is 0 Å². The molecule has 1 heterocycles. The Bertz CT molecular complexity index is 441. The Balaban J connectivity index is 1.69. The molecular formula is C18H25NO2.